The van der Waals surface area contributed by atoms with Crippen molar-refractivity contribution in [2.75, 3.05) is 32.8 Å². The summed E-state index contributed by atoms with van der Waals surface area (Å²) >= 11 is 3.53. The Morgan fingerprint density at radius 2 is 1.43 bits per heavy atom. The molecule has 0 amide bonds. The van der Waals surface area contributed by atoms with Crippen molar-refractivity contribution in [3.05, 3.63) is 128 Å². The zero-order chi connectivity index (χ0) is 40.2. The number of aryl methyl sites for hydroxylation is 1. The fourth-order valence-corrected chi connectivity index (χ4v) is 9.34. The lowest BCUT2D eigenvalue weighted by atomic mass is 9.80. The molecule has 0 bridgehead atoms. The zero-order valence-corrected chi connectivity index (χ0v) is 36.1. The van der Waals surface area contributed by atoms with E-state index in [1.165, 1.54) is 4.57 Å². The molecule has 3 aromatic carbocycles. The summed E-state index contributed by atoms with van der Waals surface area (Å²) in [4.78, 5) is 28.0. The summed E-state index contributed by atoms with van der Waals surface area (Å²) in [6.07, 6.45) is 4.24. The molecule has 1 fully saturated rings. The Labute approximate surface area is 340 Å². The fourth-order valence-electron chi connectivity index (χ4n) is 7.15. The molecule has 1 unspecified atom stereocenters. The molecular weight excluding hydrogens is 797 g/mol. The van der Waals surface area contributed by atoms with Gasteiger partial charge in [0.1, 0.15) is 29.4 Å². The van der Waals surface area contributed by atoms with E-state index >= 15 is 0 Å². The lowest BCUT2D eigenvalue weighted by Crippen LogP contribution is -2.39. The number of aromatic amines is 1. The first-order valence-electron chi connectivity index (χ1n) is 19.4. The highest BCUT2D eigenvalue weighted by molar-refractivity contribution is 9.09. The number of H-pyrrole nitrogens is 1. The third-order valence-corrected chi connectivity index (χ3v) is 12.7. The number of hydrogen-bond donors (Lipinski definition) is 1. The van der Waals surface area contributed by atoms with Crippen molar-refractivity contribution in [2.24, 2.45) is 0 Å². The van der Waals surface area contributed by atoms with Crippen molar-refractivity contribution >= 4 is 24.5 Å². The van der Waals surface area contributed by atoms with Gasteiger partial charge in [-0.3, -0.25) is 14.3 Å². The van der Waals surface area contributed by atoms with E-state index in [2.05, 4.69) is 65.4 Å². The van der Waals surface area contributed by atoms with Gasteiger partial charge in [-0.05, 0) is 88.4 Å². The molecule has 4 aromatic rings. The highest BCUT2D eigenvalue weighted by Gasteiger charge is 2.45. The van der Waals surface area contributed by atoms with Crippen LogP contribution in [0.1, 0.15) is 88.3 Å². The monoisotopic (exact) mass is 853 g/mol. The zero-order valence-electron chi connectivity index (χ0n) is 33.6. The van der Waals surface area contributed by atoms with E-state index in [0.717, 1.165) is 59.2 Å². The lowest BCUT2D eigenvalue weighted by molar-refractivity contribution is -0.0926. The Balaban J connectivity index is 1.57. The van der Waals surface area contributed by atoms with Gasteiger partial charge in [0, 0.05) is 35.6 Å². The van der Waals surface area contributed by atoms with E-state index < -0.39 is 43.8 Å². The minimum Gasteiger partial charge on any atom is -0.497 e. The van der Waals surface area contributed by atoms with E-state index in [-0.39, 0.29) is 18.7 Å². The van der Waals surface area contributed by atoms with Crippen molar-refractivity contribution in [3.8, 4) is 11.5 Å². The van der Waals surface area contributed by atoms with Gasteiger partial charge in [-0.1, -0.05) is 83.4 Å². The second kappa shape index (κ2) is 20.9. The number of hydrogen-bond acceptors (Lipinski definition) is 9. The summed E-state index contributed by atoms with van der Waals surface area (Å²) in [6, 6.07) is 26.1. The number of unbranched alkanes of at least 4 members (excludes halogenated alkanes) is 3. The molecule has 0 saturated carbocycles. The van der Waals surface area contributed by atoms with Gasteiger partial charge >= 0.3 is 5.69 Å². The van der Waals surface area contributed by atoms with Crippen LogP contribution >= 0.6 is 24.5 Å². The molecule has 1 saturated heterocycles. The SMILES string of the molecule is COc1ccc(C(OC[C@H]2O[C@@H](n3cc(C)c(=O)[nH]c3=O)C[C@@H]2OP(OCCCCCCBr)N(C(C)C)C(C)C)(c2ccccc2)c2ccc(OC)cc2)cc1. The summed E-state index contributed by atoms with van der Waals surface area (Å²) in [5.74, 6) is 1.44. The van der Waals surface area contributed by atoms with Crippen LogP contribution in [0.3, 0.4) is 0 Å². The van der Waals surface area contributed by atoms with Crippen LogP contribution in [0.4, 0.5) is 0 Å². The standard InChI is InChI=1S/C43H57BrN3O8P/c1-30(2)47(31(3)4)56(53-26-14-9-8-13-25-44)55-38-27-40(46-28-32(5)41(48)45-42(46)49)54-39(38)29-52-43(33-15-11-10-12-16-33,34-17-21-36(50-6)22-18-34)35-19-23-37(51-7)24-20-35/h10-12,15-24,28,30-31,38-40H,8-9,13-14,25-27,29H2,1-7H3,(H,45,48,49)/t38-,39+,40+,56?/m0/s1. The first-order valence-corrected chi connectivity index (χ1v) is 21.7. The number of benzene rings is 3. The minimum atomic E-state index is -1.54. The van der Waals surface area contributed by atoms with Crippen molar-refractivity contribution < 1.29 is 28.0 Å². The second-order valence-corrected chi connectivity index (χ2v) is 16.7. The van der Waals surface area contributed by atoms with Gasteiger partial charge in [0.25, 0.3) is 14.1 Å². The van der Waals surface area contributed by atoms with Crippen LogP contribution in [0.5, 0.6) is 11.5 Å². The number of methoxy groups -OCH3 is 2. The van der Waals surface area contributed by atoms with Gasteiger partial charge in [-0.25, -0.2) is 9.46 Å². The van der Waals surface area contributed by atoms with Crippen molar-refractivity contribution in [3.63, 3.8) is 0 Å². The molecule has 304 valence electrons. The molecule has 1 aromatic heterocycles. The molecule has 1 aliphatic rings. The molecule has 0 spiro atoms. The van der Waals surface area contributed by atoms with Crippen LogP contribution in [-0.2, 0) is 24.1 Å². The Bertz CT molecular complexity index is 1850. The summed E-state index contributed by atoms with van der Waals surface area (Å²) < 4.78 is 42.6. The maximum Gasteiger partial charge on any atom is 0.330 e. The van der Waals surface area contributed by atoms with E-state index in [0.29, 0.717) is 18.6 Å². The van der Waals surface area contributed by atoms with E-state index in [1.807, 2.05) is 66.7 Å². The number of ether oxygens (including phenoxy) is 4. The lowest BCUT2D eigenvalue weighted by Gasteiger charge is -2.39. The van der Waals surface area contributed by atoms with E-state index in [4.69, 9.17) is 28.0 Å². The highest BCUT2D eigenvalue weighted by Crippen LogP contribution is 2.51. The number of nitrogens with one attached hydrogen (secondary N) is 1. The van der Waals surface area contributed by atoms with Gasteiger partial charge in [0.2, 0.25) is 0 Å². The van der Waals surface area contributed by atoms with Crippen LogP contribution < -0.4 is 20.7 Å². The van der Waals surface area contributed by atoms with Gasteiger partial charge in [-0.15, -0.1) is 0 Å². The third-order valence-electron chi connectivity index (χ3n) is 9.98. The predicted octanol–water partition coefficient (Wildman–Crippen LogP) is 8.86. The Kier molecular flexibility index (Phi) is 16.3. The molecule has 0 radical (unpaired) electrons. The number of aromatic nitrogens is 2. The molecular formula is C43H57BrN3O8P. The first-order chi connectivity index (χ1) is 27.0. The Morgan fingerprint density at radius 3 is 1.98 bits per heavy atom. The highest BCUT2D eigenvalue weighted by atomic mass is 79.9. The topological polar surface area (TPSA) is 113 Å². The maximum atomic E-state index is 13.2. The molecule has 56 heavy (non-hydrogen) atoms. The predicted molar refractivity (Wildman–Crippen MR) is 225 cm³/mol. The molecule has 11 nitrogen and oxygen atoms in total. The molecule has 0 aliphatic carbocycles. The smallest absolute Gasteiger partial charge is 0.330 e. The quantitative estimate of drug-likeness (QED) is 0.0380. The molecule has 2 heterocycles. The number of nitrogens with zero attached hydrogens (tertiary/aromatic N) is 2. The number of alkyl halides is 1. The summed E-state index contributed by atoms with van der Waals surface area (Å²) in [5, 5.41) is 0.991. The minimum absolute atomic E-state index is 0.0876. The molecule has 1 N–H and O–H groups in total. The average Bonchev–Trinajstić information content (AvgIpc) is 3.60. The summed E-state index contributed by atoms with van der Waals surface area (Å²) in [6.45, 7) is 10.9. The molecule has 5 rings (SSSR count). The number of rotatable bonds is 21. The summed E-state index contributed by atoms with van der Waals surface area (Å²) in [7, 11) is 1.75. The molecule has 1 aliphatic heterocycles. The second-order valence-electron chi connectivity index (χ2n) is 14.5. The van der Waals surface area contributed by atoms with Crippen LogP contribution in [0, 0.1) is 6.92 Å². The Morgan fingerprint density at radius 1 is 0.857 bits per heavy atom. The molecule has 4 atom stereocenters. The van der Waals surface area contributed by atoms with Gasteiger partial charge in [0.05, 0.1) is 33.5 Å². The van der Waals surface area contributed by atoms with Crippen LogP contribution in [0.2, 0.25) is 0 Å². The largest absolute Gasteiger partial charge is 0.497 e. The fraction of sp³-hybridized carbons (Fsp3) is 0.488. The molecule has 13 heteroatoms. The van der Waals surface area contributed by atoms with Gasteiger partial charge in [-0.2, -0.15) is 0 Å². The van der Waals surface area contributed by atoms with Crippen LogP contribution in [-0.4, -0.2) is 71.3 Å². The van der Waals surface area contributed by atoms with Crippen LogP contribution in [0.25, 0.3) is 0 Å². The van der Waals surface area contributed by atoms with Crippen molar-refractivity contribution in [1.82, 2.24) is 14.2 Å². The van der Waals surface area contributed by atoms with Crippen molar-refractivity contribution in [2.45, 2.75) is 103 Å². The first kappa shape index (κ1) is 43.8. The van der Waals surface area contributed by atoms with Crippen LogP contribution in [0.15, 0.2) is 94.6 Å². The van der Waals surface area contributed by atoms with E-state index in [9.17, 15) is 9.59 Å². The summed E-state index contributed by atoms with van der Waals surface area (Å²) in [5.41, 5.74) is 0.996. The average molecular weight is 855 g/mol. The van der Waals surface area contributed by atoms with Crippen molar-refractivity contribution in [1.29, 1.82) is 0 Å². The van der Waals surface area contributed by atoms with Gasteiger partial charge < -0.3 is 28.0 Å². The van der Waals surface area contributed by atoms with E-state index in [1.54, 1.807) is 27.3 Å². The third kappa shape index (κ3) is 10.6. The Hall–Kier alpha value is -3.35. The number of halogens is 1. The van der Waals surface area contributed by atoms with Gasteiger partial charge in [0.15, 0.2) is 0 Å². The normalized spacial score (nSPS) is 17.9. The maximum absolute atomic E-state index is 13.2.